The second-order valence-corrected chi connectivity index (χ2v) is 4.54. The van der Waals surface area contributed by atoms with Crippen molar-refractivity contribution in [2.24, 2.45) is 10.8 Å². The van der Waals surface area contributed by atoms with Crippen LogP contribution in [-0.4, -0.2) is 5.78 Å². The van der Waals surface area contributed by atoms with Crippen LogP contribution in [0.15, 0.2) is 12.2 Å². The first kappa shape index (κ1) is 8.51. The fourth-order valence-corrected chi connectivity index (χ4v) is 1.69. The van der Waals surface area contributed by atoms with E-state index in [1.807, 2.05) is 33.8 Å². The zero-order valence-corrected chi connectivity index (χ0v) is 7.77. The van der Waals surface area contributed by atoms with Crippen LogP contribution in [0.3, 0.4) is 0 Å². The largest absolute Gasteiger partial charge is 0.298 e. The molecule has 0 unspecified atom stereocenters. The van der Waals surface area contributed by atoms with E-state index in [1.165, 1.54) is 0 Å². The van der Waals surface area contributed by atoms with Gasteiger partial charge in [-0.3, -0.25) is 4.79 Å². The predicted molar refractivity (Wildman–Crippen MR) is 46.3 cm³/mol. The van der Waals surface area contributed by atoms with E-state index in [0.29, 0.717) is 5.78 Å². The lowest BCUT2D eigenvalue weighted by Gasteiger charge is -2.34. The van der Waals surface area contributed by atoms with Gasteiger partial charge in [0, 0.05) is 10.8 Å². The first-order chi connectivity index (χ1) is 4.86. The molecule has 0 aliphatic heterocycles. The fraction of sp³-hybridized carbons (Fsp3) is 0.700. The Morgan fingerprint density at radius 3 is 2.18 bits per heavy atom. The molecule has 1 nitrogen and oxygen atoms in total. The molecule has 0 atom stereocenters. The third-order valence-corrected chi connectivity index (χ3v) is 2.36. The molecule has 0 radical (unpaired) electrons. The van der Waals surface area contributed by atoms with Gasteiger partial charge in [-0.2, -0.15) is 0 Å². The predicted octanol–water partition coefficient (Wildman–Crippen LogP) is 2.57. The Morgan fingerprint density at radius 2 is 1.82 bits per heavy atom. The summed E-state index contributed by atoms with van der Waals surface area (Å²) in [6.45, 7) is 7.99. The summed E-state index contributed by atoms with van der Waals surface area (Å²) in [7, 11) is 0. The molecule has 0 aromatic rings. The van der Waals surface area contributed by atoms with Crippen LogP contribution in [0.5, 0.6) is 0 Å². The normalized spacial score (nSPS) is 27.1. The van der Waals surface area contributed by atoms with Gasteiger partial charge in [-0.25, -0.2) is 0 Å². The van der Waals surface area contributed by atoms with Crippen LogP contribution in [0.1, 0.15) is 34.1 Å². The number of allylic oxidation sites excluding steroid dienone is 2. The maximum Gasteiger partial charge on any atom is 0.148 e. The van der Waals surface area contributed by atoms with Gasteiger partial charge >= 0.3 is 0 Å². The summed E-state index contributed by atoms with van der Waals surface area (Å²) in [5.74, 6) is 0.354. The number of carbonyl (C=O) groups is 1. The third-order valence-electron chi connectivity index (χ3n) is 2.36. The Kier molecular flexibility index (Phi) is 1.70. The number of rotatable bonds is 0. The number of ketones is 1. The van der Waals surface area contributed by atoms with E-state index in [-0.39, 0.29) is 10.8 Å². The van der Waals surface area contributed by atoms with E-state index in [1.54, 1.807) is 0 Å². The molecule has 1 rings (SSSR count). The molecule has 11 heavy (non-hydrogen) atoms. The van der Waals surface area contributed by atoms with Crippen LogP contribution >= 0.6 is 0 Å². The molecule has 0 spiro atoms. The molecular weight excluding hydrogens is 136 g/mol. The number of carbonyl (C=O) groups excluding carboxylic acids is 1. The second-order valence-electron chi connectivity index (χ2n) is 4.54. The zero-order chi connectivity index (χ0) is 8.70. The molecule has 0 aromatic carbocycles. The van der Waals surface area contributed by atoms with Gasteiger partial charge in [0.15, 0.2) is 0 Å². The molecule has 0 heterocycles. The molecule has 1 aliphatic carbocycles. The molecule has 0 N–H and O–H groups in total. The van der Waals surface area contributed by atoms with Gasteiger partial charge in [0.25, 0.3) is 0 Å². The Labute approximate surface area is 68.5 Å². The van der Waals surface area contributed by atoms with Gasteiger partial charge in [0.05, 0.1) is 0 Å². The molecule has 0 amide bonds. The van der Waals surface area contributed by atoms with Crippen molar-refractivity contribution in [3.05, 3.63) is 12.2 Å². The molecule has 1 heteroatoms. The summed E-state index contributed by atoms with van der Waals surface area (Å²) < 4.78 is 0. The van der Waals surface area contributed by atoms with Gasteiger partial charge in [0.2, 0.25) is 0 Å². The highest BCUT2D eigenvalue weighted by atomic mass is 16.1. The first-order valence-corrected chi connectivity index (χ1v) is 4.09. The summed E-state index contributed by atoms with van der Waals surface area (Å²) in [5, 5.41) is 0. The Hall–Kier alpha value is -0.590. The van der Waals surface area contributed by atoms with Gasteiger partial charge < -0.3 is 0 Å². The van der Waals surface area contributed by atoms with E-state index >= 15 is 0 Å². The van der Waals surface area contributed by atoms with E-state index in [9.17, 15) is 4.79 Å². The smallest absolute Gasteiger partial charge is 0.148 e. The zero-order valence-electron chi connectivity index (χ0n) is 7.77. The highest BCUT2D eigenvalue weighted by molar-refractivity contribution is 5.91. The van der Waals surface area contributed by atoms with Gasteiger partial charge in [-0.1, -0.05) is 26.0 Å². The lowest BCUT2D eigenvalue weighted by atomic mass is 9.68. The molecule has 1 aliphatic rings. The molecule has 0 bridgehead atoms. The Morgan fingerprint density at radius 1 is 1.27 bits per heavy atom. The summed E-state index contributed by atoms with van der Waals surface area (Å²) in [6, 6.07) is 0. The lowest BCUT2D eigenvalue weighted by Crippen LogP contribution is -2.37. The van der Waals surface area contributed by atoms with E-state index < -0.39 is 0 Å². The molecule has 0 aromatic heterocycles. The summed E-state index contributed by atoms with van der Waals surface area (Å²) in [4.78, 5) is 11.7. The van der Waals surface area contributed by atoms with E-state index in [0.717, 1.165) is 6.42 Å². The fourth-order valence-electron chi connectivity index (χ4n) is 1.69. The van der Waals surface area contributed by atoms with Gasteiger partial charge in [-0.05, 0) is 20.3 Å². The third kappa shape index (κ3) is 1.37. The number of Topliss-reactive ketones (excluding diaryl/α,β-unsaturated/α-hetero) is 1. The minimum atomic E-state index is -0.248. The maximum atomic E-state index is 11.7. The van der Waals surface area contributed by atoms with Crippen molar-refractivity contribution in [1.82, 2.24) is 0 Å². The minimum Gasteiger partial charge on any atom is -0.298 e. The first-order valence-electron chi connectivity index (χ1n) is 4.09. The monoisotopic (exact) mass is 152 g/mol. The molecule has 0 saturated heterocycles. The topological polar surface area (TPSA) is 17.1 Å². The number of hydrogen-bond donors (Lipinski definition) is 0. The summed E-state index contributed by atoms with van der Waals surface area (Å²) in [5.41, 5.74) is -0.403. The Balaban J connectivity index is 3.01. The van der Waals surface area contributed by atoms with E-state index in [2.05, 4.69) is 6.08 Å². The van der Waals surface area contributed by atoms with Crippen LogP contribution in [0.4, 0.5) is 0 Å². The number of hydrogen-bond acceptors (Lipinski definition) is 1. The SMILES string of the molecule is CC1(C)C=CCC(C)(C)C1=O. The Bertz CT molecular complexity index is 209. The standard InChI is InChI=1S/C10H16O/c1-9(2)6-5-7-10(3,4)8(9)11/h5-6H,7H2,1-4H3. The molecule has 62 valence electrons. The molecule has 0 saturated carbocycles. The van der Waals surface area contributed by atoms with Crippen molar-refractivity contribution >= 4 is 5.78 Å². The van der Waals surface area contributed by atoms with Crippen LogP contribution < -0.4 is 0 Å². The highest BCUT2D eigenvalue weighted by Crippen LogP contribution is 2.37. The maximum absolute atomic E-state index is 11.7. The summed E-state index contributed by atoms with van der Waals surface area (Å²) in [6.07, 6.45) is 5.01. The van der Waals surface area contributed by atoms with Crippen molar-refractivity contribution in [1.29, 1.82) is 0 Å². The van der Waals surface area contributed by atoms with Crippen LogP contribution in [0.25, 0.3) is 0 Å². The average Bonchev–Trinajstić information content (AvgIpc) is 1.82. The van der Waals surface area contributed by atoms with Crippen LogP contribution in [0, 0.1) is 10.8 Å². The van der Waals surface area contributed by atoms with Crippen molar-refractivity contribution in [3.8, 4) is 0 Å². The van der Waals surface area contributed by atoms with Crippen molar-refractivity contribution in [2.45, 2.75) is 34.1 Å². The van der Waals surface area contributed by atoms with Crippen molar-refractivity contribution in [3.63, 3.8) is 0 Å². The molecular formula is C10H16O. The summed E-state index contributed by atoms with van der Waals surface area (Å²) >= 11 is 0. The van der Waals surface area contributed by atoms with Crippen LogP contribution in [-0.2, 0) is 4.79 Å². The van der Waals surface area contributed by atoms with Crippen molar-refractivity contribution in [2.75, 3.05) is 0 Å². The lowest BCUT2D eigenvalue weighted by molar-refractivity contribution is -0.134. The van der Waals surface area contributed by atoms with Gasteiger partial charge in [0.1, 0.15) is 5.78 Å². The average molecular weight is 152 g/mol. The van der Waals surface area contributed by atoms with E-state index in [4.69, 9.17) is 0 Å². The van der Waals surface area contributed by atoms with Gasteiger partial charge in [-0.15, -0.1) is 0 Å². The highest BCUT2D eigenvalue weighted by Gasteiger charge is 2.39. The van der Waals surface area contributed by atoms with Crippen molar-refractivity contribution < 1.29 is 4.79 Å². The molecule has 0 fully saturated rings. The second kappa shape index (κ2) is 2.20. The quantitative estimate of drug-likeness (QED) is 0.487. The minimum absolute atomic E-state index is 0.155. The van der Waals surface area contributed by atoms with Crippen LogP contribution in [0.2, 0.25) is 0 Å².